The Kier molecular flexibility index (Phi) is 6.42. The summed E-state index contributed by atoms with van der Waals surface area (Å²) in [4.78, 5) is 27.9. The zero-order valence-electron chi connectivity index (χ0n) is 15.5. The van der Waals surface area contributed by atoms with Crippen molar-refractivity contribution in [1.82, 2.24) is 9.80 Å². The average Bonchev–Trinajstić information content (AvgIpc) is 2.53. The number of nitrogens with zero attached hydrogens (tertiary/aromatic N) is 2. The van der Waals surface area contributed by atoms with Gasteiger partial charge in [0.05, 0.1) is 6.54 Å². The van der Waals surface area contributed by atoms with Crippen LogP contribution in [0.25, 0.3) is 0 Å². The summed E-state index contributed by atoms with van der Waals surface area (Å²) in [5.74, 6) is -0.237. The van der Waals surface area contributed by atoms with Gasteiger partial charge in [-0.25, -0.2) is 4.79 Å². The third kappa shape index (κ3) is 6.38. The lowest BCUT2D eigenvalue weighted by Crippen LogP contribution is -2.55. The number of rotatable bonds is 4. The average molecular weight is 348 g/mol. The fourth-order valence-corrected chi connectivity index (χ4v) is 2.75. The topological polar surface area (TPSA) is 59.1 Å². The summed E-state index contributed by atoms with van der Waals surface area (Å²) in [7, 11) is 0. The van der Waals surface area contributed by atoms with Gasteiger partial charge in [0, 0.05) is 25.7 Å². The minimum atomic E-state index is -0.483. The molecule has 1 fully saturated rings. The van der Waals surface area contributed by atoms with E-state index in [4.69, 9.17) is 9.47 Å². The summed E-state index contributed by atoms with van der Waals surface area (Å²) < 4.78 is 10.7. The Morgan fingerprint density at radius 2 is 1.84 bits per heavy atom. The second-order valence-electron chi connectivity index (χ2n) is 7.39. The second kappa shape index (κ2) is 8.34. The van der Waals surface area contributed by atoms with E-state index >= 15 is 0 Å². The number of ether oxygens (including phenoxy) is 2. The molecule has 1 aliphatic rings. The lowest BCUT2D eigenvalue weighted by molar-refractivity contribution is -0.157. The number of esters is 1. The van der Waals surface area contributed by atoms with Crippen LogP contribution in [0.3, 0.4) is 0 Å². The summed E-state index contributed by atoms with van der Waals surface area (Å²) in [5.41, 5.74) is 0.482. The highest BCUT2D eigenvalue weighted by atomic mass is 16.6. The van der Waals surface area contributed by atoms with Gasteiger partial charge in [0.2, 0.25) is 0 Å². The molecule has 0 N–H and O–H groups in total. The number of carbonyl (C=O) groups excluding carboxylic acids is 2. The first-order valence-corrected chi connectivity index (χ1v) is 8.66. The highest BCUT2D eigenvalue weighted by Gasteiger charge is 2.30. The zero-order valence-corrected chi connectivity index (χ0v) is 15.5. The van der Waals surface area contributed by atoms with Crippen LogP contribution in [0, 0.1) is 0 Å². The van der Waals surface area contributed by atoms with Crippen molar-refractivity contribution in [2.75, 3.05) is 26.2 Å². The molecule has 1 amide bonds. The molecule has 1 atom stereocenters. The molecule has 1 saturated heterocycles. The van der Waals surface area contributed by atoms with Crippen molar-refractivity contribution in [3.63, 3.8) is 0 Å². The fourth-order valence-electron chi connectivity index (χ4n) is 2.75. The van der Waals surface area contributed by atoms with Crippen molar-refractivity contribution in [1.29, 1.82) is 0 Å². The molecule has 6 nitrogen and oxygen atoms in total. The maximum absolute atomic E-state index is 12.2. The van der Waals surface area contributed by atoms with E-state index < -0.39 is 5.60 Å². The summed E-state index contributed by atoms with van der Waals surface area (Å²) in [5, 5.41) is 0. The Labute approximate surface area is 149 Å². The molecule has 25 heavy (non-hydrogen) atoms. The van der Waals surface area contributed by atoms with Crippen molar-refractivity contribution >= 4 is 12.1 Å². The van der Waals surface area contributed by atoms with E-state index in [1.165, 1.54) is 0 Å². The predicted octanol–water partition coefficient (Wildman–Crippen LogP) is 2.67. The normalized spacial score (nSPS) is 18.7. The molecule has 1 aliphatic heterocycles. The van der Waals surface area contributed by atoms with E-state index in [1.54, 1.807) is 4.90 Å². The number of carbonyl (C=O) groups is 2. The van der Waals surface area contributed by atoms with Crippen molar-refractivity contribution in [3.05, 3.63) is 35.9 Å². The molecule has 0 spiro atoms. The van der Waals surface area contributed by atoms with Crippen LogP contribution in [0.1, 0.15) is 33.3 Å². The summed E-state index contributed by atoms with van der Waals surface area (Å²) in [6, 6.07) is 9.69. The molecule has 1 heterocycles. The van der Waals surface area contributed by atoms with Gasteiger partial charge in [-0.05, 0) is 33.3 Å². The molecule has 6 heteroatoms. The fraction of sp³-hybridized carbons (Fsp3) is 0.579. The van der Waals surface area contributed by atoms with Crippen LogP contribution in [-0.2, 0) is 20.9 Å². The monoisotopic (exact) mass is 348 g/mol. The Morgan fingerprint density at radius 1 is 1.16 bits per heavy atom. The molecule has 0 bridgehead atoms. The number of hydrogen-bond acceptors (Lipinski definition) is 5. The van der Waals surface area contributed by atoms with Gasteiger partial charge >= 0.3 is 12.1 Å². The van der Waals surface area contributed by atoms with Crippen LogP contribution in [-0.4, -0.2) is 59.7 Å². The Hall–Kier alpha value is -2.08. The Balaban J connectivity index is 1.78. The highest BCUT2D eigenvalue weighted by molar-refractivity contribution is 5.72. The third-order valence-electron chi connectivity index (χ3n) is 3.98. The SMILES string of the molecule is CC1CN(C(=O)OCc2ccccc2)CCN1CC(=O)OC(C)(C)C. The zero-order chi connectivity index (χ0) is 18.4. The molecular weight excluding hydrogens is 320 g/mol. The van der Waals surface area contributed by atoms with E-state index in [-0.39, 0.29) is 31.3 Å². The first-order valence-electron chi connectivity index (χ1n) is 8.66. The third-order valence-corrected chi connectivity index (χ3v) is 3.98. The van der Waals surface area contributed by atoms with E-state index in [0.717, 1.165) is 5.56 Å². The molecular formula is C19H28N2O4. The van der Waals surface area contributed by atoms with Gasteiger partial charge in [-0.3, -0.25) is 9.69 Å². The highest BCUT2D eigenvalue weighted by Crippen LogP contribution is 2.13. The number of amides is 1. The first kappa shape index (κ1) is 19.2. The minimum absolute atomic E-state index is 0.0746. The smallest absolute Gasteiger partial charge is 0.410 e. The van der Waals surface area contributed by atoms with Crippen LogP contribution in [0.15, 0.2) is 30.3 Å². The number of benzene rings is 1. The Bertz CT molecular complexity index is 583. The maximum atomic E-state index is 12.2. The first-order chi connectivity index (χ1) is 11.7. The summed E-state index contributed by atoms with van der Waals surface area (Å²) in [6.45, 7) is 9.79. The molecule has 1 aromatic carbocycles. The van der Waals surface area contributed by atoms with Crippen molar-refractivity contribution in [2.24, 2.45) is 0 Å². The Morgan fingerprint density at radius 3 is 2.44 bits per heavy atom. The van der Waals surface area contributed by atoms with Crippen LogP contribution < -0.4 is 0 Å². The van der Waals surface area contributed by atoms with Gasteiger partial charge in [0.1, 0.15) is 12.2 Å². The predicted molar refractivity (Wildman–Crippen MR) is 95.1 cm³/mol. The van der Waals surface area contributed by atoms with Crippen LogP contribution in [0.2, 0.25) is 0 Å². The maximum Gasteiger partial charge on any atom is 0.410 e. The molecule has 0 saturated carbocycles. The van der Waals surface area contributed by atoms with Crippen LogP contribution in [0.4, 0.5) is 4.79 Å². The number of hydrogen-bond donors (Lipinski definition) is 0. The molecule has 138 valence electrons. The molecule has 1 aromatic rings. The molecule has 0 aliphatic carbocycles. The van der Waals surface area contributed by atoms with Crippen molar-refractivity contribution in [3.8, 4) is 0 Å². The molecule has 0 radical (unpaired) electrons. The lowest BCUT2D eigenvalue weighted by atomic mass is 10.2. The largest absolute Gasteiger partial charge is 0.459 e. The molecule has 2 rings (SSSR count). The van der Waals surface area contributed by atoms with Gasteiger partial charge in [0.15, 0.2) is 0 Å². The van der Waals surface area contributed by atoms with Gasteiger partial charge in [-0.15, -0.1) is 0 Å². The number of piperazine rings is 1. The molecule has 1 unspecified atom stereocenters. The molecule has 0 aromatic heterocycles. The lowest BCUT2D eigenvalue weighted by Gasteiger charge is -2.39. The van der Waals surface area contributed by atoms with E-state index in [1.807, 2.05) is 62.9 Å². The van der Waals surface area contributed by atoms with E-state index in [9.17, 15) is 9.59 Å². The van der Waals surface area contributed by atoms with Crippen LogP contribution in [0.5, 0.6) is 0 Å². The van der Waals surface area contributed by atoms with Gasteiger partial charge in [-0.2, -0.15) is 0 Å². The van der Waals surface area contributed by atoms with Gasteiger partial charge in [0.25, 0.3) is 0 Å². The van der Waals surface area contributed by atoms with Gasteiger partial charge < -0.3 is 14.4 Å². The van der Waals surface area contributed by atoms with Crippen LogP contribution >= 0.6 is 0 Å². The summed E-state index contributed by atoms with van der Waals surface area (Å²) >= 11 is 0. The van der Waals surface area contributed by atoms with Gasteiger partial charge in [-0.1, -0.05) is 30.3 Å². The van der Waals surface area contributed by atoms with E-state index in [0.29, 0.717) is 19.6 Å². The van der Waals surface area contributed by atoms with Crippen molar-refractivity contribution < 1.29 is 19.1 Å². The van der Waals surface area contributed by atoms with Crippen molar-refractivity contribution in [2.45, 2.75) is 45.9 Å². The standard InChI is InChI=1S/C19H28N2O4/c1-15-12-21(18(23)24-14-16-8-6-5-7-9-16)11-10-20(15)13-17(22)25-19(2,3)4/h5-9,15H,10-14H2,1-4H3. The summed E-state index contributed by atoms with van der Waals surface area (Å²) in [6.07, 6.45) is -0.312. The quantitative estimate of drug-likeness (QED) is 0.783. The second-order valence-corrected chi connectivity index (χ2v) is 7.39. The minimum Gasteiger partial charge on any atom is -0.459 e. The van der Waals surface area contributed by atoms with E-state index in [2.05, 4.69) is 0 Å².